The highest BCUT2D eigenvalue weighted by molar-refractivity contribution is 6.30. The van der Waals surface area contributed by atoms with Gasteiger partial charge in [0.1, 0.15) is 11.1 Å². The molecule has 0 aliphatic heterocycles. The second-order valence-corrected chi connectivity index (χ2v) is 3.86. The van der Waals surface area contributed by atoms with Crippen molar-refractivity contribution in [3.05, 3.63) is 29.8 Å². The SMILES string of the molecule is CCCNC(=O)C(Cl)c1ccc(OC)cc1. The Morgan fingerprint density at radius 2 is 2.06 bits per heavy atom. The van der Waals surface area contributed by atoms with Gasteiger partial charge in [0.05, 0.1) is 7.11 Å². The predicted octanol–water partition coefficient (Wildman–Crippen LogP) is 2.50. The number of alkyl halides is 1. The van der Waals surface area contributed by atoms with E-state index in [0.717, 1.165) is 17.7 Å². The first-order chi connectivity index (χ1) is 7.69. The molecule has 1 unspecified atom stereocenters. The van der Waals surface area contributed by atoms with Gasteiger partial charge in [0.2, 0.25) is 5.91 Å². The van der Waals surface area contributed by atoms with E-state index in [1.165, 1.54) is 0 Å². The van der Waals surface area contributed by atoms with Crippen LogP contribution in [0.2, 0.25) is 0 Å². The standard InChI is InChI=1S/C12H16ClNO2/c1-3-8-14-12(15)11(13)9-4-6-10(16-2)7-5-9/h4-7,11H,3,8H2,1-2H3,(H,14,15). The molecule has 0 radical (unpaired) electrons. The van der Waals surface area contributed by atoms with E-state index in [-0.39, 0.29) is 5.91 Å². The molecule has 0 heterocycles. The lowest BCUT2D eigenvalue weighted by Crippen LogP contribution is -2.27. The van der Waals surface area contributed by atoms with Gasteiger partial charge in [0.25, 0.3) is 0 Å². The summed E-state index contributed by atoms with van der Waals surface area (Å²) < 4.78 is 5.03. The Morgan fingerprint density at radius 1 is 1.44 bits per heavy atom. The Kier molecular flexibility index (Phi) is 5.12. The van der Waals surface area contributed by atoms with Crippen molar-refractivity contribution in [1.82, 2.24) is 5.32 Å². The molecule has 4 heteroatoms. The second-order valence-electron chi connectivity index (χ2n) is 3.43. The lowest BCUT2D eigenvalue weighted by atomic mass is 10.1. The van der Waals surface area contributed by atoms with Gasteiger partial charge in [-0.1, -0.05) is 19.1 Å². The van der Waals surface area contributed by atoms with Crippen LogP contribution in [0, 0.1) is 0 Å². The van der Waals surface area contributed by atoms with Gasteiger partial charge in [0, 0.05) is 6.54 Å². The van der Waals surface area contributed by atoms with Gasteiger partial charge in [-0.05, 0) is 24.1 Å². The first kappa shape index (κ1) is 12.8. The minimum absolute atomic E-state index is 0.159. The van der Waals surface area contributed by atoms with E-state index in [1.54, 1.807) is 31.4 Å². The van der Waals surface area contributed by atoms with Crippen LogP contribution in [-0.4, -0.2) is 19.6 Å². The minimum atomic E-state index is -0.641. The maximum absolute atomic E-state index is 11.6. The van der Waals surface area contributed by atoms with Crippen LogP contribution in [0.4, 0.5) is 0 Å². The summed E-state index contributed by atoms with van der Waals surface area (Å²) in [6, 6.07) is 7.17. The zero-order valence-electron chi connectivity index (χ0n) is 9.50. The van der Waals surface area contributed by atoms with Crippen molar-refractivity contribution in [2.45, 2.75) is 18.7 Å². The summed E-state index contributed by atoms with van der Waals surface area (Å²) >= 11 is 6.04. The number of hydrogen-bond donors (Lipinski definition) is 1. The molecule has 1 atom stereocenters. The molecule has 0 aliphatic rings. The molecule has 16 heavy (non-hydrogen) atoms. The number of methoxy groups -OCH3 is 1. The highest BCUT2D eigenvalue weighted by Crippen LogP contribution is 2.22. The topological polar surface area (TPSA) is 38.3 Å². The van der Waals surface area contributed by atoms with Gasteiger partial charge in [0.15, 0.2) is 0 Å². The van der Waals surface area contributed by atoms with E-state index in [2.05, 4.69) is 5.32 Å². The second kappa shape index (κ2) is 6.38. The van der Waals surface area contributed by atoms with Crippen molar-refractivity contribution in [3.63, 3.8) is 0 Å². The maximum atomic E-state index is 11.6. The highest BCUT2D eigenvalue weighted by Gasteiger charge is 2.16. The Labute approximate surface area is 101 Å². The fourth-order valence-electron chi connectivity index (χ4n) is 1.26. The van der Waals surface area contributed by atoms with E-state index in [4.69, 9.17) is 16.3 Å². The molecular formula is C12H16ClNO2. The van der Waals surface area contributed by atoms with E-state index in [9.17, 15) is 4.79 Å². The first-order valence-electron chi connectivity index (χ1n) is 5.24. The van der Waals surface area contributed by atoms with Crippen LogP contribution in [0.15, 0.2) is 24.3 Å². The van der Waals surface area contributed by atoms with Crippen molar-refractivity contribution in [2.75, 3.05) is 13.7 Å². The van der Waals surface area contributed by atoms with Gasteiger partial charge in [-0.3, -0.25) is 4.79 Å². The van der Waals surface area contributed by atoms with E-state index >= 15 is 0 Å². The molecule has 0 fully saturated rings. The van der Waals surface area contributed by atoms with Gasteiger partial charge in [-0.25, -0.2) is 0 Å². The third-order valence-electron chi connectivity index (χ3n) is 2.19. The van der Waals surface area contributed by atoms with Gasteiger partial charge >= 0.3 is 0 Å². The lowest BCUT2D eigenvalue weighted by Gasteiger charge is -2.10. The highest BCUT2D eigenvalue weighted by atomic mass is 35.5. The van der Waals surface area contributed by atoms with Gasteiger partial charge in [-0.15, -0.1) is 11.6 Å². The zero-order valence-corrected chi connectivity index (χ0v) is 10.3. The van der Waals surface area contributed by atoms with Gasteiger partial charge in [-0.2, -0.15) is 0 Å². The van der Waals surface area contributed by atoms with Crippen LogP contribution >= 0.6 is 11.6 Å². The molecule has 1 rings (SSSR count). The molecule has 3 nitrogen and oxygen atoms in total. The summed E-state index contributed by atoms with van der Waals surface area (Å²) in [5.74, 6) is 0.593. The molecule has 0 aliphatic carbocycles. The molecule has 0 spiro atoms. The summed E-state index contributed by atoms with van der Waals surface area (Å²) in [5.41, 5.74) is 0.774. The molecule has 1 aromatic rings. The van der Waals surface area contributed by atoms with Crippen molar-refractivity contribution in [1.29, 1.82) is 0 Å². The van der Waals surface area contributed by atoms with Crippen LogP contribution < -0.4 is 10.1 Å². The van der Waals surface area contributed by atoms with Crippen LogP contribution in [0.25, 0.3) is 0 Å². The molecule has 0 bridgehead atoms. The van der Waals surface area contributed by atoms with E-state index in [0.29, 0.717) is 6.54 Å². The van der Waals surface area contributed by atoms with Crippen LogP contribution in [-0.2, 0) is 4.79 Å². The molecule has 1 N–H and O–H groups in total. The number of nitrogens with one attached hydrogen (secondary N) is 1. The van der Waals surface area contributed by atoms with Gasteiger partial charge < -0.3 is 10.1 Å². The monoisotopic (exact) mass is 241 g/mol. The smallest absolute Gasteiger partial charge is 0.242 e. The van der Waals surface area contributed by atoms with E-state index in [1.807, 2.05) is 6.92 Å². The molecule has 1 aromatic carbocycles. The Morgan fingerprint density at radius 3 is 2.56 bits per heavy atom. The summed E-state index contributed by atoms with van der Waals surface area (Å²) in [6.45, 7) is 2.65. The molecular weight excluding hydrogens is 226 g/mol. The Balaban J connectivity index is 2.64. The zero-order chi connectivity index (χ0) is 12.0. The quantitative estimate of drug-likeness (QED) is 0.805. The largest absolute Gasteiger partial charge is 0.497 e. The normalized spacial score (nSPS) is 11.9. The molecule has 1 amide bonds. The third-order valence-corrected chi connectivity index (χ3v) is 2.64. The lowest BCUT2D eigenvalue weighted by molar-refractivity contribution is -0.120. The first-order valence-corrected chi connectivity index (χ1v) is 5.68. The van der Waals surface area contributed by atoms with Crippen LogP contribution in [0.5, 0.6) is 5.75 Å². The fraction of sp³-hybridized carbons (Fsp3) is 0.417. The molecule has 0 aromatic heterocycles. The predicted molar refractivity (Wildman–Crippen MR) is 64.9 cm³/mol. The van der Waals surface area contributed by atoms with Crippen molar-refractivity contribution >= 4 is 17.5 Å². The average molecular weight is 242 g/mol. The van der Waals surface area contributed by atoms with Crippen LogP contribution in [0.1, 0.15) is 24.3 Å². The van der Waals surface area contributed by atoms with Crippen molar-refractivity contribution in [2.24, 2.45) is 0 Å². The molecule has 0 saturated carbocycles. The number of halogens is 1. The summed E-state index contributed by atoms with van der Waals surface area (Å²) in [4.78, 5) is 11.6. The average Bonchev–Trinajstić information content (AvgIpc) is 2.35. The number of ether oxygens (including phenoxy) is 1. The summed E-state index contributed by atoms with van der Waals surface area (Å²) in [5, 5.41) is 2.12. The number of hydrogen-bond acceptors (Lipinski definition) is 2. The third kappa shape index (κ3) is 3.42. The summed E-state index contributed by atoms with van der Waals surface area (Å²) in [6.07, 6.45) is 0.901. The molecule has 0 saturated heterocycles. The number of carbonyl (C=O) groups is 1. The fourth-order valence-corrected chi connectivity index (χ4v) is 1.48. The van der Waals surface area contributed by atoms with Crippen molar-refractivity contribution < 1.29 is 9.53 Å². The number of carbonyl (C=O) groups excluding carboxylic acids is 1. The molecule has 88 valence electrons. The summed E-state index contributed by atoms with van der Waals surface area (Å²) in [7, 11) is 1.60. The number of rotatable bonds is 5. The maximum Gasteiger partial charge on any atom is 0.242 e. The van der Waals surface area contributed by atoms with E-state index < -0.39 is 5.38 Å². The number of benzene rings is 1. The van der Waals surface area contributed by atoms with Crippen LogP contribution in [0.3, 0.4) is 0 Å². The minimum Gasteiger partial charge on any atom is -0.497 e. The Bertz CT molecular complexity index is 337. The number of amides is 1. The van der Waals surface area contributed by atoms with Crippen molar-refractivity contribution in [3.8, 4) is 5.75 Å². The Hall–Kier alpha value is -1.22.